The summed E-state index contributed by atoms with van der Waals surface area (Å²) in [5, 5.41) is 0. The first-order chi connectivity index (χ1) is 13.3. The van der Waals surface area contributed by atoms with E-state index in [-0.39, 0.29) is 20.9 Å². The Balaban J connectivity index is 1.86. The van der Waals surface area contributed by atoms with Crippen molar-refractivity contribution in [3.05, 3.63) is 89.2 Å². The van der Waals surface area contributed by atoms with Crippen molar-refractivity contribution in [1.82, 2.24) is 4.98 Å². The molecule has 0 spiro atoms. The Labute approximate surface area is 160 Å². The maximum absolute atomic E-state index is 13.6. The first-order valence-electron chi connectivity index (χ1n) is 8.01. The summed E-state index contributed by atoms with van der Waals surface area (Å²) in [4.78, 5) is 15.1. The molecule has 142 valence electrons. The van der Waals surface area contributed by atoms with E-state index in [1.165, 1.54) is 54.6 Å². The number of aromatic nitrogens is 1. The van der Waals surface area contributed by atoms with E-state index in [0.717, 1.165) is 18.3 Å². The summed E-state index contributed by atoms with van der Waals surface area (Å²) in [6, 6.07) is 11.4. The number of primary amides is 1. The van der Waals surface area contributed by atoms with Gasteiger partial charge in [0.15, 0.2) is 0 Å². The molecule has 0 aliphatic carbocycles. The Kier molecular flexibility index (Phi) is 5.32. The lowest BCUT2D eigenvalue weighted by Crippen LogP contribution is -2.12. The molecule has 5 nitrogen and oxygen atoms in total. The second-order valence-electron chi connectivity index (χ2n) is 5.81. The fraction of sp³-hybridized carbons (Fsp3) is 0. The molecule has 2 aromatic carbocycles. The molecule has 0 saturated carbocycles. The lowest BCUT2D eigenvalue weighted by Gasteiger charge is -2.06. The summed E-state index contributed by atoms with van der Waals surface area (Å²) < 4.78 is 51.9. The average Bonchev–Trinajstić information content (AvgIpc) is 2.68. The van der Waals surface area contributed by atoms with E-state index in [0.29, 0.717) is 5.69 Å². The van der Waals surface area contributed by atoms with Crippen LogP contribution in [0.1, 0.15) is 21.6 Å². The maximum Gasteiger partial charge on any atom is 0.248 e. The number of nitrogens with zero attached hydrogens (tertiary/aromatic N) is 1. The lowest BCUT2D eigenvalue weighted by molar-refractivity contribution is 0.1000. The molecule has 0 unspecified atom stereocenters. The number of pyridine rings is 1. The van der Waals surface area contributed by atoms with Crippen LogP contribution < -0.4 is 5.73 Å². The van der Waals surface area contributed by atoms with Crippen LogP contribution in [-0.2, 0) is 9.84 Å². The Morgan fingerprint density at radius 1 is 0.964 bits per heavy atom. The van der Waals surface area contributed by atoms with Crippen LogP contribution in [0.2, 0.25) is 0 Å². The zero-order chi connectivity index (χ0) is 20.3. The maximum atomic E-state index is 13.6. The Hall–Kier alpha value is -3.39. The fourth-order valence-corrected chi connectivity index (χ4v) is 3.66. The van der Waals surface area contributed by atoms with Gasteiger partial charge in [0.1, 0.15) is 11.6 Å². The van der Waals surface area contributed by atoms with Crippen molar-refractivity contribution in [2.45, 2.75) is 9.79 Å². The van der Waals surface area contributed by atoms with Crippen LogP contribution in [0.3, 0.4) is 0 Å². The molecule has 3 rings (SSSR count). The van der Waals surface area contributed by atoms with Crippen molar-refractivity contribution in [1.29, 1.82) is 0 Å². The van der Waals surface area contributed by atoms with E-state index >= 15 is 0 Å². The minimum absolute atomic E-state index is 0.0702. The minimum Gasteiger partial charge on any atom is -0.366 e. The van der Waals surface area contributed by atoms with Gasteiger partial charge in [-0.25, -0.2) is 17.2 Å². The molecule has 0 aliphatic rings. The molecule has 8 heteroatoms. The van der Waals surface area contributed by atoms with Crippen LogP contribution >= 0.6 is 0 Å². The number of carbonyl (C=O) groups is 1. The van der Waals surface area contributed by atoms with Gasteiger partial charge in [-0.2, -0.15) is 0 Å². The largest absolute Gasteiger partial charge is 0.366 e. The fourth-order valence-electron chi connectivity index (χ4n) is 2.41. The van der Waals surface area contributed by atoms with E-state index in [1.54, 1.807) is 0 Å². The van der Waals surface area contributed by atoms with E-state index < -0.39 is 27.4 Å². The molecule has 0 atom stereocenters. The number of amides is 1. The number of sulfone groups is 1. The molecular weight excluding hydrogens is 386 g/mol. The summed E-state index contributed by atoms with van der Waals surface area (Å²) in [5.74, 6) is -2.13. The SMILES string of the molecule is NC(=O)c1cccc(S(=O)(=O)c2ccc(/C=C/c3ccc(F)cc3F)nc2)c1. The van der Waals surface area contributed by atoms with Crippen LogP contribution in [0.5, 0.6) is 0 Å². The van der Waals surface area contributed by atoms with E-state index in [9.17, 15) is 22.0 Å². The first-order valence-corrected chi connectivity index (χ1v) is 9.50. The van der Waals surface area contributed by atoms with Crippen molar-refractivity contribution < 1.29 is 22.0 Å². The van der Waals surface area contributed by atoms with E-state index in [1.807, 2.05) is 0 Å². The van der Waals surface area contributed by atoms with Gasteiger partial charge in [-0.15, -0.1) is 0 Å². The zero-order valence-electron chi connectivity index (χ0n) is 14.3. The third-order valence-corrected chi connectivity index (χ3v) is 5.63. The number of carbonyl (C=O) groups excluding carboxylic acids is 1. The topological polar surface area (TPSA) is 90.1 Å². The van der Waals surface area contributed by atoms with Gasteiger partial charge in [0.05, 0.1) is 15.5 Å². The monoisotopic (exact) mass is 400 g/mol. The number of hydrogen-bond donors (Lipinski definition) is 1. The molecule has 0 radical (unpaired) electrons. The summed E-state index contributed by atoms with van der Waals surface area (Å²) in [6.07, 6.45) is 4.04. The van der Waals surface area contributed by atoms with Crippen LogP contribution in [0.25, 0.3) is 12.2 Å². The van der Waals surface area contributed by atoms with Crippen molar-refractivity contribution >= 4 is 27.9 Å². The average molecular weight is 400 g/mol. The molecule has 1 heterocycles. The van der Waals surface area contributed by atoms with Crippen molar-refractivity contribution in [3.8, 4) is 0 Å². The Morgan fingerprint density at radius 2 is 1.75 bits per heavy atom. The highest BCUT2D eigenvalue weighted by Gasteiger charge is 2.19. The van der Waals surface area contributed by atoms with Gasteiger partial charge in [-0.3, -0.25) is 9.78 Å². The number of hydrogen-bond acceptors (Lipinski definition) is 4. The van der Waals surface area contributed by atoms with Crippen LogP contribution in [0.4, 0.5) is 8.78 Å². The molecule has 1 amide bonds. The Bertz CT molecular complexity index is 1170. The highest BCUT2D eigenvalue weighted by Crippen LogP contribution is 2.21. The van der Waals surface area contributed by atoms with Crippen molar-refractivity contribution in [3.63, 3.8) is 0 Å². The van der Waals surface area contributed by atoms with Gasteiger partial charge in [-0.05, 0) is 54.6 Å². The summed E-state index contributed by atoms with van der Waals surface area (Å²) in [6.45, 7) is 0. The minimum atomic E-state index is -3.89. The number of rotatable bonds is 5. The van der Waals surface area contributed by atoms with E-state index in [2.05, 4.69) is 4.98 Å². The quantitative estimate of drug-likeness (QED) is 0.710. The molecule has 2 N–H and O–H groups in total. The summed E-state index contributed by atoms with van der Waals surface area (Å²) >= 11 is 0. The third kappa shape index (κ3) is 4.12. The predicted molar refractivity (Wildman–Crippen MR) is 99.9 cm³/mol. The van der Waals surface area contributed by atoms with E-state index in [4.69, 9.17) is 5.73 Å². The first kappa shape index (κ1) is 19.4. The highest BCUT2D eigenvalue weighted by molar-refractivity contribution is 7.91. The van der Waals surface area contributed by atoms with Gasteiger partial charge in [0.25, 0.3) is 0 Å². The molecule has 1 aromatic heterocycles. The standard InChI is InChI=1S/C20H14F2N2O3S/c21-15-6-4-13(19(22)11-15)5-7-16-8-9-18(12-24-16)28(26,27)17-3-1-2-14(10-17)20(23)25/h1-12H,(H2,23,25)/b7-5+. The van der Waals surface area contributed by atoms with Crippen LogP contribution in [0.15, 0.2) is 70.6 Å². The number of nitrogens with two attached hydrogens (primary N) is 1. The van der Waals surface area contributed by atoms with Gasteiger partial charge >= 0.3 is 0 Å². The zero-order valence-corrected chi connectivity index (χ0v) is 15.2. The molecular formula is C20H14F2N2O3S. The summed E-state index contributed by atoms with van der Waals surface area (Å²) in [5.41, 5.74) is 5.81. The molecule has 0 aliphatic heterocycles. The number of halogens is 2. The van der Waals surface area contributed by atoms with Gasteiger partial charge in [0.2, 0.25) is 15.7 Å². The molecule has 3 aromatic rings. The molecule has 0 bridgehead atoms. The van der Waals surface area contributed by atoms with Crippen LogP contribution in [-0.4, -0.2) is 19.3 Å². The second-order valence-corrected chi connectivity index (χ2v) is 7.76. The highest BCUT2D eigenvalue weighted by atomic mass is 32.2. The normalized spacial score (nSPS) is 11.6. The molecule has 0 fully saturated rings. The van der Waals surface area contributed by atoms with Gasteiger partial charge in [0, 0.05) is 23.4 Å². The Morgan fingerprint density at radius 3 is 2.39 bits per heavy atom. The lowest BCUT2D eigenvalue weighted by atomic mass is 10.2. The molecule has 28 heavy (non-hydrogen) atoms. The van der Waals surface area contributed by atoms with Gasteiger partial charge < -0.3 is 5.73 Å². The third-order valence-electron chi connectivity index (χ3n) is 3.89. The number of benzene rings is 2. The smallest absolute Gasteiger partial charge is 0.248 e. The summed E-state index contributed by atoms with van der Waals surface area (Å²) in [7, 11) is -3.89. The van der Waals surface area contributed by atoms with Gasteiger partial charge in [-0.1, -0.05) is 6.07 Å². The van der Waals surface area contributed by atoms with Crippen molar-refractivity contribution in [2.75, 3.05) is 0 Å². The van der Waals surface area contributed by atoms with Crippen molar-refractivity contribution in [2.24, 2.45) is 5.73 Å². The predicted octanol–water partition coefficient (Wildman–Crippen LogP) is 3.46. The second kappa shape index (κ2) is 7.69. The molecule has 0 saturated heterocycles. The van der Waals surface area contributed by atoms with Crippen LogP contribution in [0, 0.1) is 11.6 Å².